The maximum Gasteiger partial charge on any atom is 0.119 e. The molecule has 3 rings (SSSR count). The van der Waals surface area contributed by atoms with E-state index in [4.69, 9.17) is 10.5 Å². The van der Waals surface area contributed by atoms with Crippen LogP contribution in [0.25, 0.3) is 10.2 Å². The van der Waals surface area contributed by atoms with Gasteiger partial charge in [-0.15, -0.1) is 11.3 Å². The molecule has 2 heterocycles. The number of hydrogen-bond acceptors (Lipinski definition) is 4. The van der Waals surface area contributed by atoms with Crippen LogP contribution in [0.5, 0.6) is 5.75 Å². The summed E-state index contributed by atoms with van der Waals surface area (Å²) in [5.74, 6) is 0.852. The third kappa shape index (κ3) is 2.28. The van der Waals surface area contributed by atoms with E-state index in [0.717, 1.165) is 28.0 Å². The Hall–Kier alpha value is -1.91. The molecule has 2 N–H and O–H groups in total. The van der Waals surface area contributed by atoms with E-state index in [1.54, 1.807) is 18.4 Å². The van der Waals surface area contributed by atoms with Gasteiger partial charge in [0.1, 0.15) is 5.75 Å². The largest absolute Gasteiger partial charge is 0.497 e. The molecular formula is C16H16N2OS. The zero-order valence-electron chi connectivity index (χ0n) is 11.5. The first-order valence-corrected chi connectivity index (χ1v) is 7.30. The summed E-state index contributed by atoms with van der Waals surface area (Å²) in [6, 6.07) is 9.96. The highest BCUT2D eigenvalue weighted by atomic mass is 32.1. The molecule has 0 aliphatic heterocycles. The number of aromatic nitrogens is 1. The maximum atomic E-state index is 6.39. The second kappa shape index (κ2) is 5.23. The minimum Gasteiger partial charge on any atom is -0.497 e. The Morgan fingerprint density at radius 1 is 1.25 bits per heavy atom. The molecule has 0 radical (unpaired) electrons. The monoisotopic (exact) mass is 284 g/mol. The number of ether oxygens (including phenoxy) is 1. The normalized spacial score (nSPS) is 12.6. The molecule has 0 aliphatic rings. The van der Waals surface area contributed by atoms with Gasteiger partial charge >= 0.3 is 0 Å². The van der Waals surface area contributed by atoms with Crippen LogP contribution in [0.3, 0.4) is 0 Å². The van der Waals surface area contributed by atoms with Crippen molar-refractivity contribution in [3.8, 4) is 5.75 Å². The quantitative estimate of drug-likeness (QED) is 0.798. The van der Waals surface area contributed by atoms with Crippen LogP contribution >= 0.6 is 11.3 Å². The fourth-order valence-electron chi connectivity index (χ4n) is 2.34. The number of fused-ring (bicyclic) bond motifs is 1. The van der Waals surface area contributed by atoms with Gasteiger partial charge in [-0.25, -0.2) is 0 Å². The molecule has 0 fully saturated rings. The van der Waals surface area contributed by atoms with Crippen molar-refractivity contribution >= 4 is 21.6 Å². The van der Waals surface area contributed by atoms with Crippen LogP contribution in [0.15, 0.2) is 41.9 Å². The minimum atomic E-state index is -0.167. The Labute approximate surface area is 122 Å². The molecule has 1 atom stereocenters. The highest BCUT2D eigenvalue weighted by molar-refractivity contribution is 7.17. The molecule has 1 aromatic carbocycles. The van der Waals surface area contributed by atoms with Gasteiger partial charge in [0.15, 0.2) is 0 Å². The van der Waals surface area contributed by atoms with Crippen molar-refractivity contribution in [2.45, 2.75) is 13.0 Å². The van der Waals surface area contributed by atoms with E-state index >= 15 is 0 Å². The SMILES string of the molecule is COc1ccc(C(N)c2cnc3ccsc3c2)c(C)c1. The average molecular weight is 284 g/mol. The Morgan fingerprint density at radius 2 is 2.10 bits per heavy atom. The summed E-state index contributed by atoms with van der Waals surface area (Å²) in [5.41, 5.74) is 10.7. The highest BCUT2D eigenvalue weighted by Crippen LogP contribution is 2.28. The van der Waals surface area contributed by atoms with Crippen LogP contribution < -0.4 is 10.5 Å². The number of thiophene rings is 1. The summed E-state index contributed by atoms with van der Waals surface area (Å²) >= 11 is 1.69. The molecule has 0 spiro atoms. The highest BCUT2D eigenvalue weighted by Gasteiger charge is 2.13. The molecule has 3 nitrogen and oxygen atoms in total. The first kappa shape index (κ1) is 13.1. The third-order valence-corrected chi connectivity index (χ3v) is 4.35. The Bertz CT molecular complexity index is 751. The second-order valence-electron chi connectivity index (χ2n) is 4.77. The second-order valence-corrected chi connectivity index (χ2v) is 5.72. The summed E-state index contributed by atoms with van der Waals surface area (Å²) < 4.78 is 6.40. The van der Waals surface area contributed by atoms with Crippen molar-refractivity contribution in [2.24, 2.45) is 5.73 Å². The number of hydrogen-bond donors (Lipinski definition) is 1. The molecule has 20 heavy (non-hydrogen) atoms. The number of pyridine rings is 1. The van der Waals surface area contributed by atoms with E-state index < -0.39 is 0 Å². The minimum absolute atomic E-state index is 0.167. The Morgan fingerprint density at radius 3 is 2.85 bits per heavy atom. The van der Waals surface area contributed by atoms with Gasteiger partial charge in [0, 0.05) is 6.20 Å². The molecule has 0 aliphatic carbocycles. The summed E-state index contributed by atoms with van der Waals surface area (Å²) in [4.78, 5) is 4.46. The molecule has 0 amide bonds. The van der Waals surface area contributed by atoms with Crippen LogP contribution in [-0.2, 0) is 0 Å². The van der Waals surface area contributed by atoms with Crippen LogP contribution in [0.2, 0.25) is 0 Å². The Balaban J connectivity index is 2.00. The van der Waals surface area contributed by atoms with Gasteiger partial charge < -0.3 is 10.5 Å². The van der Waals surface area contributed by atoms with E-state index in [2.05, 4.69) is 18.0 Å². The lowest BCUT2D eigenvalue weighted by Gasteiger charge is -2.16. The Kier molecular flexibility index (Phi) is 3.42. The number of rotatable bonds is 3. The first-order valence-electron chi connectivity index (χ1n) is 6.42. The number of nitrogens with zero attached hydrogens (tertiary/aromatic N) is 1. The van der Waals surface area contributed by atoms with Gasteiger partial charge in [0.25, 0.3) is 0 Å². The van der Waals surface area contributed by atoms with E-state index in [1.165, 1.54) is 4.70 Å². The first-order chi connectivity index (χ1) is 9.69. The van der Waals surface area contributed by atoms with E-state index in [1.807, 2.05) is 35.8 Å². The van der Waals surface area contributed by atoms with E-state index in [0.29, 0.717) is 0 Å². The number of aryl methyl sites for hydroxylation is 1. The van der Waals surface area contributed by atoms with Gasteiger partial charge in [-0.1, -0.05) is 6.07 Å². The number of nitrogens with two attached hydrogens (primary N) is 1. The molecule has 3 aromatic rings. The van der Waals surface area contributed by atoms with Gasteiger partial charge in [-0.05, 0) is 53.3 Å². The zero-order valence-corrected chi connectivity index (χ0v) is 12.3. The van der Waals surface area contributed by atoms with Crippen LogP contribution in [0, 0.1) is 6.92 Å². The topological polar surface area (TPSA) is 48.1 Å². The number of methoxy groups -OCH3 is 1. The summed E-state index contributed by atoms with van der Waals surface area (Å²) in [6.07, 6.45) is 1.86. The van der Waals surface area contributed by atoms with Crippen LogP contribution in [0.1, 0.15) is 22.7 Å². The van der Waals surface area contributed by atoms with Crippen LogP contribution in [0.4, 0.5) is 0 Å². The summed E-state index contributed by atoms with van der Waals surface area (Å²) in [7, 11) is 1.67. The zero-order chi connectivity index (χ0) is 14.1. The molecule has 0 saturated carbocycles. The predicted octanol–water partition coefficient (Wildman–Crippen LogP) is 3.66. The van der Waals surface area contributed by atoms with Gasteiger partial charge in [-0.2, -0.15) is 0 Å². The summed E-state index contributed by atoms with van der Waals surface area (Å²) in [6.45, 7) is 2.05. The maximum absolute atomic E-state index is 6.39. The number of benzene rings is 1. The molecule has 0 saturated heterocycles. The fourth-order valence-corrected chi connectivity index (χ4v) is 3.12. The van der Waals surface area contributed by atoms with Crippen molar-refractivity contribution in [3.05, 3.63) is 58.6 Å². The van der Waals surface area contributed by atoms with Gasteiger partial charge in [0.2, 0.25) is 0 Å². The lowest BCUT2D eigenvalue weighted by Crippen LogP contribution is -2.13. The van der Waals surface area contributed by atoms with Gasteiger partial charge in [-0.3, -0.25) is 4.98 Å². The van der Waals surface area contributed by atoms with Crippen molar-refractivity contribution < 1.29 is 4.74 Å². The van der Waals surface area contributed by atoms with E-state index in [9.17, 15) is 0 Å². The molecule has 2 aromatic heterocycles. The smallest absolute Gasteiger partial charge is 0.119 e. The van der Waals surface area contributed by atoms with Crippen molar-refractivity contribution in [1.82, 2.24) is 4.98 Å². The van der Waals surface area contributed by atoms with Crippen LogP contribution in [-0.4, -0.2) is 12.1 Å². The van der Waals surface area contributed by atoms with Gasteiger partial charge in [0.05, 0.1) is 23.4 Å². The molecule has 1 unspecified atom stereocenters. The molecular weight excluding hydrogens is 268 g/mol. The third-order valence-electron chi connectivity index (χ3n) is 3.49. The van der Waals surface area contributed by atoms with Crippen molar-refractivity contribution in [1.29, 1.82) is 0 Å². The lowest BCUT2D eigenvalue weighted by molar-refractivity contribution is 0.414. The van der Waals surface area contributed by atoms with E-state index in [-0.39, 0.29) is 6.04 Å². The van der Waals surface area contributed by atoms with Crippen molar-refractivity contribution in [3.63, 3.8) is 0 Å². The average Bonchev–Trinajstić information content (AvgIpc) is 2.93. The fraction of sp³-hybridized carbons (Fsp3) is 0.188. The predicted molar refractivity (Wildman–Crippen MR) is 83.4 cm³/mol. The molecule has 4 heteroatoms. The molecule has 0 bridgehead atoms. The lowest BCUT2D eigenvalue weighted by atomic mass is 9.96. The van der Waals surface area contributed by atoms with Crippen molar-refractivity contribution in [2.75, 3.05) is 7.11 Å². The molecule has 102 valence electrons. The summed E-state index contributed by atoms with van der Waals surface area (Å²) in [5, 5.41) is 2.05. The standard InChI is InChI=1S/C16H16N2OS/c1-10-7-12(19-2)3-4-13(10)16(17)11-8-15-14(18-9-11)5-6-20-15/h3-9,16H,17H2,1-2H3.